The van der Waals surface area contributed by atoms with E-state index < -0.39 is 5.82 Å². The number of carbonyl (C=O) groups excluding carboxylic acids is 1. The summed E-state index contributed by atoms with van der Waals surface area (Å²) in [6.45, 7) is 0.630. The molecular weight excluding hydrogens is 233 g/mol. The van der Waals surface area contributed by atoms with E-state index in [-0.39, 0.29) is 11.2 Å². The molecule has 0 radical (unpaired) electrons. The number of hydrogen-bond acceptors (Lipinski definition) is 3. The number of hydrogen-bond donors (Lipinski definition) is 1. The van der Waals surface area contributed by atoms with Crippen LogP contribution in [-0.2, 0) is 0 Å². The molecule has 18 heavy (non-hydrogen) atoms. The fourth-order valence-electron chi connectivity index (χ4n) is 2.57. The summed E-state index contributed by atoms with van der Waals surface area (Å²) in [7, 11) is 3.33. The molecule has 0 saturated heterocycles. The van der Waals surface area contributed by atoms with Crippen molar-refractivity contribution in [2.45, 2.75) is 19.3 Å². The molecule has 1 aliphatic rings. The SMILES string of the molecule is CNCC1(C(=O)c2cc(F)ccc2OC)CCC1. The third-order valence-electron chi connectivity index (χ3n) is 3.71. The van der Waals surface area contributed by atoms with Crippen molar-refractivity contribution in [3.8, 4) is 5.75 Å². The Kier molecular flexibility index (Phi) is 3.66. The molecular formula is C14H18FNO2. The molecule has 1 N–H and O–H groups in total. The lowest BCUT2D eigenvalue weighted by molar-refractivity contribution is 0.0610. The monoisotopic (exact) mass is 251 g/mol. The van der Waals surface area contributed by atoms with Crippen molar-refractivity contribution in [2.75, 3.05) is 20.7 Å². The van der Waals surface area contributed by atoms with E-state index >= 15 is 0 Å². The average Bonchev–Trinajstić information content (AvgIpc) is 2.33. The van der Waals surface area contributed by atoms with Gasteiger partial charge in [-0.2, -0.15) is 0 Å². The number of nitrogens with one attached hydrogen (secondary N) is 1. The molecule has 0 aromatic heterocycles. The highest BCUT2D eigenvalue weighted by Gasteiger charge is 2.44. The first-order valence-electron chi connectivity index (χ1n) is 6.16. The molecule has 1 aromatic rings. The lowest BCUT2D eigenvalue weighted by Gasteiger charge is -2.40. The highest BCUT2D eigenvalue weighted by Crippen LogP contribution is 2.44. The average molecular weight is 251 g/mol. The van der Waals surface area contributed by atoms with E-state index in [1.165, 1.54) is 25.3 Å². The molecule has 1 fully saturated rings. The number of rotatable bonds is 5. The summed E-state index contributed by atoms with van der Waals surface area (Å²) in [5.41, 5.74) is -0.0250. The lowest BCUT2D eigenvalue weighted by atomic mass is 9.64. The highest BCUT2D eigenvalue weighted by molar-refractivity contribution is 6.03. The fourth-order valence-corrected chi connectivity index (χ4v) is 2.57. The summed E-state index contributed by atoms with van der Waals surface area (Å²) in [5, 5.41) is 3.06. The Morgan fingerprint density at radius 3 is 2.72 bits per heavy atom. The van der Waals surface area contributed by atoms with Crippen LogP contribution in [0.2, 0.25) is 0 Å². The first-order chi connectivity index (χ1) is 8.63. The topological polar surface area (TPSA) is 38.3 Å². The second-order valence-corrected chi connectivity index (χ2v) is 4.84. The first kappa shape index (κ1) is 13.0. The maximum absolute atomic E-state index is 13.3. The molecule has 2 rings (SSSR count). The Labute approximate surface area is 106 Å². The van der Waals surface area contributed by atoms with Crippen molar-refractivity contribution in [1.29, 1.82) is 0 Å². The number of carbonyl (C=O) groups is 1. The standard InChI is InChI=1S/C14H18FNO2/c1-16-9-14(6-3-7-14)13(17)11-8-10(15)4-5-12(11)18-2/h4-5,8,16H,3,6-7,9H2,1-2H3. The van der Waals surface area contributed by atoms with Crippen LogP contribution in [0.15, 0.2) is 18.2 Å². The van der Waals surface area contributed by atoms with Gasteiger partial charge in [0.25, 0.3) is 0 Å². The van der Waals surface area contributed by atoms with Crippen molar-refractivity contribution >= 4 is 5.78 Å². The van der Waals surface area contributed by atoms with E-state index in [2.05, 4.69) is 5.32 Å². The first-order valence-corrected chi connectivity index (χ1v) is 6.16. The van der Waals surface area contributed by atoms with Crippen molar-refractivity contribution in [3.05, 3.63) is 29.6 Å². The quantitative estimate of drug-likeness (QED) is 0.817. The fraction of sp³-hybridized carbons (Fsp3) is 0.500. The summed E-state index contributed by atoms with van der Waals surface area (Å²) in [6, 6.07) is 4.09. The van der Waals surface area contributed by atoms with Crippen LogP contribution in [0.25, 0.3) is 0 Å². The van der Waals surface area contributed by atoms with Crippen molar-refractivity contribution in [2.24, 2.45) is 5.41 Å². The summed E-state index contributed by atoms with van der Waals surface area (Å²) >= 11 is 0. The van der Waals surface area contributed by atoms with Gasteiger partial charge in [0.2, 0.25) is 0 Å². The zero-order chi connectivity index (χ0) is 13.2. The Balaban J connectivity index is 2.35. The van der Waals surface area contributed by atoms with E-state index in [1.807, 2.05) is 7.05 Å². The molecule has 0 unspecified atom stereocenters. The molecule has 0 bridgehead atoms. The molecule has 0 atom stereocenters. The maximum Gasteiger partial charge on any atom is 0.174 e. The van der Waals surface area contributed by atoms with Crippen LogP contribution < -0.4 is 10.1 Å². The van der Waals surface area contributed by atoms with Gasteiger partial charge in [0.1, 0.15) is 11.6 Å². The van der Waals surface area contributed by atoms with Gasteiger partial charge in [0.05, 0.1) is 12.7 Å². The smallest absolute Gasteiger partial charge is 0.174 e. The number of benzene rings is 1. The molecule has 0 heterocycles. The van der Waals surface area contributed by atoms with Crippen LogP contribution >= 0.6 is 0 Å². The van der Waals surface area contributed by atoms with E-state index in [0.29, 0.717) is 17.9 Å². The molecule has 3 nitrogen and oxygen atoms in total. The lowest BCUT2D eigenvalue weighted by Crippen LogP contribution is -2.45. The Morgan fingerprint density at radius 1 is 1.50 bits per heavy atom. The number of methoxy groups -OCH3 is 1. The zero-order valence-electron chi connectivity index (χ0n) is 10.8. The molecule has 0 aliphatic heterocycles. The van der Waals surface area contributed by atoms with Crippen molar-refractivity contribution in [1.82, 2.24) is 5.32 Å². The normalized spacial score (nSPS) is 17.1. The predicted molar refractivity (Wildman–Crippen MR) is 67.5 cm³/mol. The van der Waals surface area contributed by atoms with Crippen LogP contribution in [0.1, 0.15) is 29.6 Å². The van der Waals surface area contributed by atoms with Gasteiger partial charge in [0.15, 0.2) is 5.78 Å². The van der Waals surface area contributed by atoms with Crippen molar-refractivity contribution < 1.29 is 13.9 Å². The minimum Gasteiger partial charge on any atom is -0.496 e. The van der Waals surface area contributed by atoms with Crippen LogP contribution in [0.4, 0.5) is 4.39 Å². The highest BCUT2D eigenvalue weighted by atomic mass is 19.1. The van der Waals surface area contributed by atoms with Gasteiger partial charge < -0.3 is 10.1 Å². The molecule has 1 aliphatic carbocycles. The van der Waals surface area contributed by atoms with Crippen LogP contribution in [-0.4, -0.2) is 26.5 Å². The number of halogens is 1. The molecule has 1 aromatic carbocycles. The summed E-state index contributed by atoms with van der Waals surface area (Å²) < 4.78 is 18.5. The minimum atomic E-state index is -0.405. The molecule has 98 valence electrons. The molecule has 0 amide bonds. The zero-order valence-corrected chi connectivity index (χ0v) is 10.8. The van der Waals surface area contributed by atoms with Crippen LogP contribution in [0.3, 0.4) is 0 Å². The summed E-state index contributed by atoms with van der Waals surface area (Å²) in [5.74, 6) is 0.0290. The van der Waals surface area contributed by atoms with Crippen molar-refractivity contribution in [3.63, 3.8) is 0 Å². The second-order valence-electron chi connectivity index (χ2n) is 4.84. The van der Waals surface area contributed by atoms with Gasteiger partial charge in [-0.25, -0.2) is 4.39 Å². The summed E-state index contributed by atoms with van der Waals surface area (Å²) in [4.78, 5) is 12.6. The van der Waals surface area contributed by atoms with Gasteiger partial charge in [0, 0.05) is 12.0 Å². The van der Waals surface area contributed by atoms with Gasteiger partial charge in [-0.3, -0.25) is 4.79 Å². The Bertz CT molecular complexity index is 455. The van der Waals surface area contributed by atoms with Gasteiger partial charge in [-0.1, -0.05) is 6.42 Å². The molecule has 1 saturated carbocycles. The predicted octanol–water partition coefficient (Wildman–Crippen LogP) is 2.41. The largest absolute Gasteiger partial charge is 0.496 e. The van der Waals surface area contributed by atoms with Gasteiger partial charge in [-0.15, -0.1) is 0 Å². The third-order valence-corrected chi connectivity index (χ3v) is 3.71. The van der Waals surface area contributed by atoms with E-state index in [9.17, 15) is 9.18 Å². The van der Waals surface area contributed by atoms with Crippen LogP contribution in [0, 0.1) is 11.2 Å². The van der Waals surface area contributed by atoms with Crippen LogP contribution in [0.5, 0.6) is 5.75 Å². The number of ketones is 1. The molecule has 0 spiro atoms. The van der Waals surface area contributed by atoms with E-state index in [4.69, 9.17) is 4.74 Å². The molecule has 4 heteroatoms. The van der Waals surface area contributed by atoms with Gasteiger partial charge in [-0.05, 0) is 38.1 Å². The second kappa shape index (κ2) is 5.06. The third kappa shape index (κ3) is 2.12. The van der Waals surface area contributed by atoms with Gasteiger partial charge >= 0.3 is 0 Å². The number of ether oxygens (including phenoxy) is 1. The number of Topliss-reactive ketones (excluding diaryl/α,β-unsaturated/α-hetero) is 1. The maximum atomic E-state index is 13.3. The Hall–Kier alpha value is -1.42. The van der Waals surface area contributed by atoms with E-state index in [0.717, 1.165) is 19.3 Å². The minimum absolute atomic E-state index is 0.0144. The van der Waals surface area contributed by atoms with E-state index in [1.54, 1.807) is 0 Å². The summed E-state index contributed by atoms with van der Waals surface area (Å²) in [6.07, 6.45) is 2.75. The Morgan fingerprint density at radius 2 is 2.22 bits per heavy atom.